The Morgan fingerprint density at radius 1 is 1.26 bits per heavy atom. The van der Waals surface area contributed by atoms with E-state index >= 15 is 0 Å². The summed E-state index contributed by atoms with van der Waals surface area (Å²) in [5.41, 5.74) is 8.26. The number of halogens is 1. The van der Waals surface area contributed by atoms with E-state index in [0.717, 1.165) is 16.5 Å². The van der Waals surface area contributed by atoms with Crippen molar-refractivity contribution in [2.75, 3.05) is 0 Å². The summed E-state index contributed by atoms with van der Waals surface area (Å²) in [6, 6.07) is 7.80. The molecule has 1 atom stereocenters. The number of aromatic nitrogens is 1. The average molecular weight is 281 g/mol. The predicted octanol–water partition coefficient (Wildman–Crippen LogP) is 3.77. The lowest BCUT2D eigenvalue weighted by molar-refractivity contribution is 0.0941. The van der Waals surface area contributed by atoms with Gasteiger partial charge < -0.3 is 5.73 Å². The number of carbonyl (C=O) groups excluding carboxylic acids is 1. The number of benzene rings is 1. The molecule has 2 aromatic rings. The first-order valence-electron chi connectivity index (χ1n) is 6.19. The Morgan fingerprint density at radius 3 is 2.37 bits per heavy atom. The van der Waals surface area contributed by atoms with Crippen LogP contribution in [0.1, 0.15) is 44.1 Å². The second-order valence-corrected chi connectivity index (χ2v) is 5.83. The van der Waals surface area contributed by atoms with Crippen molar-refractivity contribution in [1.82, 2.24) is 4.57 Å². The van der Waals surface area contributed by atoms with Gasteiger partial charge in [-0.2, -0.15) is 0 Å². The molecule has 0 spiro atoms. The van der Waals surface area contributed by atoms with Crippen molar-refractivity contribution < 1.29 is 4.79 Å². The summed E-state index contributed by atoms with van der Waals surface area (Å²) >= 11 is 0. The van der Waals surface area contributed by atoms with Crippen LogP contribution < -0.4 is 5.73 Å². The normalized spacial score (nSPS) is 13.1. The highest BCUT2D eigenvalue weighted by atomic mass is 35.5. The smallest absolute Gasteiger partial charge is 0.227 e. The van der Waals surface area contributed by atoms with Gasteiger partial charge in [0, 0.05) is 24.5 Å². The number of nitrogens with two attached hydrogens (primary N) is 1. The van der Waals surface area contributed by atoms with Gasteiger partial charge in [-0.15, -0.1) is 12.4 Å². The minimum atomic E-state index is -0.0944. The third-order valence-corrected chi connectivity index (χ3v) is 3.35. The Bertz CT molecular complexity index is 596. The maximum Gasteiger partial charge on any atom is 0.227 e. The molecule has 0 saturated carbocycles. The molecule has 0 aliphatic heterocycles. The van der Waals surface area contributed by atoms with E-state index in [4.69, 9.17) is 5.73 Å². The number of para-hydroxylation sites is 1. The van der Waals surface area contributed by atoms with Crippen LogP contribution in [0.3, 0.4) is 0 Å². The molecule has 1 aromatic carbocycles. The number of fused-ring (bicyclic) bond motifs is 1. The van der Waals surface area contributed by atoms with E-state index in [2.05, 4.69) is 20.8 Å². The van der Waals surface area contributed by atoms with E-state index in [0.29, 0.717) is 0 Å². The van der Waals surface area contributed by atoms with Crippen molar-refractivity contribution in [3.8, 4) is 0 Å². The minimum Gasteiger partial charge on any atom is -0.323 e. The van der Waals surface area contributed by atoms with Crippen molar-refractivity contribution >= 4 is 29.2 Å². The molecular weight excluding hydrogens is 260 g/mol. The standard InChI is InChI=1S/C15H20N2O.ClH/c1-10(18)17-9-12(14(16)15(2,3)4)11-7-5-6-8-13(11)17;/h5-9,14H,16H2,1-4H3;1H/t14-;/m0./s1. The second-order valence-electron chi connectivity index (χ2n) is 5.83. The molecule has 0 saturated heterocycles. The van der Waals surface area contributed by atoms with E-state index in [1.54, 1.807) is 11.5 Å². The fraction of sp³-hybridized carbons (Fsp3) is 0.400. The third-order valence-electron chi connectivity index (χ3n) is 3.35. The Balaban J connectivity index is 0.00000180. The first-order valence-corrected chi connectivity index (χ1v) is 6.19. The molecule has 2 N–H and O–H groups in total. The molecule has 0 amide bonds. The summed E-state index contributed by atoms with van der Waals surface area (Å²) < 4.78 is 1.68. The van der Waals surface area contributed by atoms with Crippen LogP contribution in [0.25, 0.3) is 10.9 Å². The van der Waals surface area contributed by atoms with E-state index in [1.165, 1.54) is 0 Å². The third kappa shape index (κ3) is 2.82. The second kappa shape index (κ2) is 5.35. The zero-order chi connectivity index (χ0) is 13.5. The van der Waals surface area contributed by atoms with Gasteiger partial charge in [-0.3, -0.25) is 9.36 Å². The van der Waals surface area contributed by atoms with Crippen LogP contribution in [-0.4, -0.2) is 10.5 Å². The maximum absolute atomic E-state index is 11.7. The van der Waals surface area contributed by atoms with Gasteiger partial charge in [0.2, 0.25) is 5.91 Å². The largest absolute Gasteiger partial charge is 0.323 e. The molecule has 4 heteroatoms. The van der Waals surface area contributed by atoms with Gasteiger partial charge in [0.25, 0.3) is 0 Å². The van der Waals surface area contributed by atoms with E-state index < -0.39 is 0 Å². The van der Waals surface area contributed by atoms with Crippen LogP contribution in [-0.2, 0) is 0 Å². The van der Waals surface area contributed by atoms with Gasteiger partial charge in [-0.1, -0.05) is 39.0 Å². The highest BCUT2D eigenvalue weighted by Crippen LogP contribution is 2.35. The quantitative estimate of drug-likeness (QED) is 0.864. The van der Waals surface area contributed by atoms with Crippen LogP contribution in [0.4, 0.5) is 0 Å². The van der Waals surface area contributed by atoms with E-state index in [1.807, 2.05) is 30.5 Å². The van der Waals surface area contributed by atoms with Gasteiger partial charge in [-0.05, 0) is 17.0 Å². The van der Waals surface area contributed by atoms with Crippen LogP contribution in [0.5, 0.6) is 0 Å². The fourth-order valence-electron chi connectivity index (χ4n) is 2.18. The topological polar surface area (TPSA) is 48.0 Å². The van der Waals surface area contributed by atoms with Crippen LogP contribution >= 0.6 is 12.4 Å². The monoisotopic (exact) mass is 280 g/mol. The summed E-state index contributed by atoms with van der Waals surface area (Å²) in [4.78, 5) is 11.7. The summed E-state index contributed by atoms with van der Waals surface area (Å²) in [6.45, 7) is 7.89. The van der Waals surface area contributed by atoms with Crippen LogP contribution in [0.2, 0.25) is 0 Å². The molecule has 0 aliphatic rings. The maximum atomic E-state index is 11.7. The first kappa shape index (κ1) is 15.7. The molecule has 0 bridgehead atoms. The van der Waals surface area contributed by atoms with E-state index in [9.17, 15) is 4.79 Å². The molecule has 1 heterocycles. The zero-order valence-electron chi connectivity index (χ0n) is 11.8. The first-order chi connectivity index (χ1) is 8.32. The van der Waals surface area contributed by atoms with Crippen molar-refractivity contribution in [2.45, 2.75) is 33.7 Å². The van der Waals surface area contributed by atoms with Crippen LogP contribution in [0, 0.1) is 5.41 Å². The molecule has 19 heavy (non-hydrogen) atoms. The highest BCUT2D eigenvalue weighted by Gasteiger charge is 2.26. The number of rotatable bonds is 1. The van der Waals surface area contributed by atoms with Crippen molar-refractivity contribution in [2.24, 2.45) is 11.1 Å². The van der Waals surface area contributed by atoms with Crippen LogP contribution in [0.15, 0.2) is 30.5 Å². The fourth-order valence-corrected chi connectivity index (χ4v) is 2.18. The number of hydrogen-bond donors (Lipinski definition) is 1. The minimum absolute atomic E-state index is 0. The predicted molar refractivity (Wildman–Crippen MR) is 81.9 cm³/mol. The van der Waals surface area contributed by atoms with Gasteiger partial charge in [-0.25, -0.2) is 0 Å². The number of nitrogens with zero attached hydrogens (tertiary/aromatic N) is 1. The molecule has 0 fully saturated rings. The van der Waals surface area contributed by atoms with Crippen molar-refractivity contribution in [3.05, 3.63) is 36.0 Å². The molecule has 2 rings (SSSR count). The van der Waals surface area contributed by atoms with Gasteiger partial charge in [0.05, 0.1) is 5.52 Å². The Hall–Kier alpha value is -1.32. The summed E-state index contributed by atoms with van der Waals surface area (Å²) in [5.74, 6) is 0.0126. The number of hydrogen-bond acceptors (Lipinski definition) is 2. The van der Waals surface area contributed by atoms with Gasteiger partial charge in [0.1, 0.15) is 0 Å². The molecule has 0 unspecified atom stereocenters. The zero-order valence-corrected chi connectivity index (χ0v) is 12.6. The SMILES string of the molecule is CC(=O)n1cc([C@H](N)C(C)(C)C)c2ccccc21.Cl. The lowest BCUT2D eigenvalue weighted by Crippen LogP contribution is -2.26. The molecular formula is C15H21ClN2O. The van der Waals surface area contributed by atoms with Gasteiger partial charge >= 0.3 is 0 Å². The molecule has 0 radical (unpaired) electrons. The average Bonchev–Trinajstić information content (AvgIpc) is 2.66. The van der Waals surface area contributed by atoms with Crippen molar-refractivity contribution in [3.63, 3.8) is 0 Å². The van der Waals surface area contributed by atoms with Gasteiger partial charge in [0.15, 0.2) is 0 Å². The Morgan fingerprint density at radius 2 is 1.84 bits per heavy atom. The Labute approximate surface area is 120 Å². The summed E-state index contributed by atoms with van der Waals surface area (Å²) in [5, 5.41) is 1.06. The Kier molecular flexibility index (Phi) is 4.43. The summed E-state index contributed by atoms with van der Waals surface area (Å²) in [6.07, 6.45) is 1.88. The molecule has 104 valence electrons. The molecule has 0 aliphatic carbocycles. The van der Waals surface area contributed by atoms with E-state index in [-0.39, 0.29) is 29.8 Å². The molecule has 3 nitrogen and oxygen atoms in total. The lowest BCUT2D eigenvalue weighted by Gasteiger charge is -2.26. The lowest BCUT2D eigenvalue weighted by atomic mass is 9.83. The number of carbonyl (C=O) groups is 1. The summed E-state index contributed by atoms with van der Waals surface area (Å²) in [7, 11) is 0. The van der Waals surface area contributed by atoms with Crippen molar-refractivity contribution in [1.29, 1.82) is 0 Å². The highest BCUT2D eigenvalue weighted by molar-refractivity contribution is 5.93. The molecule has 1 aromatic heterocycles.